The molecule has 2 aromatic heterocycles. The Morgan fingerprint density at radius 2 is 1.90 bits per heavy atom. The molecule has 0 saturated heterocycles. The van der Waals surface area contributed by atoms with E-state index in [2.05, 4.69) is 78.4 Å². The number of aromatic nitrogens is 1. The van der Waals surface area contributed by atoms with Gasteiger partial charge in [-0.25, -0.2) is 0 Å². The van der Waals surface area contributed by atoms with Crippen LogP contribution < -0.4 is 5.32 Å². The summed E-state index contributed by atoms with van der Waals surface area (Å²) in [5.41, 5.74) is 7.16. The second-order valence-corrected chi connectivity index (χ2v) is 8.16. The minimum Gasteiger partial charge on any atom is -0.467 e. The van der Waals surface area contributed by atoms with E-state index in [0.717, 1.165) is 24.4 Å². The van der Waals surface area contributed by atoms with E-state index in [0.29, 0.717) is 11.7 Å². The van der Waals surface area contributed by atoms with E-state index in [1.807, 2.05) is 12.1 Å². The van der Waals surface area contributed by atoms with Gasteiger partial charge in [0.15, 0.2) is 5.11 Å². The number of rotatable bonds is 6. The van der Waals surface area contributed by atoms with Crippen LogP contribution in [0.15, 0.2) is 65.3 Å². The molecule has 0 fully saturated rings. The van der Waals surface area contributed by atoms with Gasteiger partial charge in [-0.3, -0.25) is 0 Å². The fourth-order valence-corrected chi connectivity index (χ4v) is 4.08. The van der Waals surface area contributed by atoms with E-state index in [1.54, 1.807) is 6.26 Å². The number of thiocarbonyl (C=S) groups is 1. The molecule has 30 heavy (non-hydrogen) atoms. The van der Waals surface area contributed by atoms with E-state index >= 15 is 0 Å². The summed E-state index contributed by atoms with van der Waals surface area (Å²) in [4.78, 5) is 5.67. The number of para-hydroxylation sites is 1. The molecule has 0 saturated carbocycles. The molecule has 2 aromatic carbocycles. The zero-order valence-electron chi connectivity index (χ0n) is 17.7. The molecule has 0 aliphatic heterocycles. The van der Waals surface area contributed by atoms with Crippen molar-refractivity contribution in [3.63, 3.8) is 0 Å². The lowest BCUT2D eigenvalue weighted by Gasteiger charge is -2.26. The summed E-state index contributed by atoms with van der Waals surface area (Å²) in [7, 11) is 0. The van der Waals surface area contributed by atoms with Crippen molar-refractivity contribution in [1.82, 2.24) is 9.88 Å². The first-order valence-electron chi connectivity index (χ1n) is 10.2. The van der Waals surface area contributed by atoms with Crippen molar-refractivity contribution in [2.75, 3.05) is 11.9 Å². The number of nitrogens with one attached hydrogen (secondary N) is 2. The van der Waals surface area contributed by atoms with Crippen LogP contribution in [0.2, 0.25) is 0 Å². The maximum absolute atomic E-state index is 5.82. The fraction of sp³-hybridized carbons (Fsp3) is 0.240. The lowest BCUT2D eigenvalue weighted by atomic mass is 10.1. The van der Waals surface area contributed by atoms with Crippen LogP contribution in [0.4, 0.5) is 5.69 Å². The van der Waals surface area contributed by atoms with Gasteiger partial charge in [0.25, 0.3) is 0 Å². The second kappa shape index (κ2) is 8.76. The maximum Gasteiger partial charge on any atom is 0.173 e. The number of H-pyrrole nitrogens is 1. The van der Waals surface area contributed by atoms with Crippen LogP contribution in [0.5, 0.6) is 0 Å². The Balaban J connectivity index is 1.55. The first-order chi connectivity index (χ1) is 14.5. The van der Waals surface area contributed by atoms with Crippen LogP contribution in [-0.4, -0.2) is 21.5 Å². The van der Waals surface area contributed by atoms with Gasteiger partial charge in [-0.15, -0.1) is 0 Å². The number of benzene rings is 2. The Labute approximate surface area is 182 Å². The van der Waals surface area contributed by atoms with Crippen molar-refractivity contribution in [2.24, 2.45) is 0 Å². The van der Waals surface area contributed by atoms with Crippen LogP contribution in [-0.2, 0) is 13.0 Å². The quantitative estimate of drug-likeness (QED) is 0.371. The molecule has 154 valence electrons. The maximum atomic E-state index is 5.82. The van der Waals surface area contributed by atoms with Crippen molar-refractivity contribution >= 4 is 33.9 Å². The summed E-state index contributed by atoms with van der Waals surface area (Å²) in [5, 5.41) is 5.44. The van der Waals surface area contributed by atoms with E-state index in [1.165, 1.54) is 33.3 Å². The van der Waals surface area contributed by atoms with E-state index in [4.69, 9.17) is 16.6 Å². The van der Waals surface area contributed by atoms with Crippen LogP contribution in [0.3, 0.4) is 0 Å². The van der Waals surface area contributed by atoms with Gasteiger partial charge in [0.1, 0.15) is 5.76 Å². The number of aromatic amines is 1. The highest BCUT2D eigenvalue weighted by Crippen LogP contribution is 2.23. The van der Waals surface area contributed by atoms with E-state index in [9.17, 15) is 0 Å². The van der Waals surface area contributed by atoms with Gasteiger partial charge in [-0.1, -0.05) is 30.3 Å². The van der Waals surface area contributed by atoms with Crippen LogP contribution in [0.1, 0.15) is 28.1 Å². The normalized spacial score (nSPS) is 11.0. The molecule has 0 radical (unpaired) electrons. The zero-order valence-corrected chi connectivity index (χ0v) is 18.5. The molecule has 4 nitrogen and oxygen atoms in total. The lowest BCUT2D eigenvalue weighted by Crippen LogP contribution is -2.36. The molecule has 2 N–H and O–H groups in total. The Morgan fingerprint density at radius 1 is 1.07 bits per heavy atom. The molecule has 0 unspecified atom stereocenters. The minimum absolute atomic E-state index is 0.630. The third-order valence-corrected chi connectivity index (χ3v) is 5.87. The first kappa shape index (κ1) is 20.2. The zero-order chi connectivity index (χ0) is 21.1. The van der Waals surface area contributed by atoms with E-state index < -0.39 is 0 Å². The number of anilines is 1. The summed E-state index contributed by atoms with van der Waals surface area (Å²) in [6.45, 7) is 7.74. The molecule has 4 aromatic rings. The van der Waals surface area contributed by atoms with Crippen molar-refractivity contribution in [3.05, 3.63) is 89.0 Å². The van der Waals surface area contributed by atoms with Crippen molar-refractivity contribution in [3.8, 4) is 0 Å². The van der Waals surface area contributed by atoms with Crippen molar-refractivity contribution in [2.45, 2.75) is 33.7 Å². The number of aryl methyl sites for hydroxylation is 3. The summed E-state index contributed by atoms with van der Waals surface area (Å²) in [6.07, 6.45) is 2.60. The molecular weight excluding hydrogens is 390 g/mol. The molecule has 5 heteroatoms. The Kier molecular flexibility index (Phi) is 5.91. The monoisotopic (exact) mass is 417 g/mol. The standard InChI is InChI=1S/C25H27N3OS/c1-17-10-11-18(2)24(15-17)27-25(30)28(16-20-7-6-14-29-20)13-12-21-19(3)26-23-9-5-4-8-22(21)23/h4-11,14-15,26H,12-13,16H2,1-3H3,(H,27,30). The predicted octanol–water partition coefficient (Wildman–Crippen LogP) is 6.13. The largest absolute Gasteiger partial charge is 0.467 e. The molecule has 0 atom stereocenters. The third-order valence-electron chi connectivity index (χ3n) is 5.51. The fourth-order valence-electron chi connectivity index (χ4n) is 3.81. The van der Waals surface area contributed by atoms with Gasteiger partial charge in [0.2, 0.25) is 0 Å². The number of furan rings is 1. The highest BCUT2D eigenvalue weighted by molar-refractivity contribution is 7.80. The van der Waals surface area contributed by atoms with Gasteiger partial charge < -0.3 is 19.6 Å². The van der Waals surface area contributed by atoms with Gasteiger partial charge in [0.05, 0.1) is 12.8 Å². The van der Waals surface area contributed by atoms with Crippen LogP contribution in [0, 0.1) is 20.8 Å². The smallest absolute Gasteiger partial charge is 0.173 e. The number of fused-ring (bicyclic) bond motifs is 1. The SMILES string of the molecule is Cc1ccc(C)c(NC(=S)N(CCc2c(C)[nH]c3ccccc23)Cc2ccco2)c1. The Morgan fingerprint density at radius 3 is 2.70 bits per heavy atom. The van der Waals surface area contributed by atoms with Crippen molar-refractivity contribution in [1.29, 1.82) is 0 Å². The summed E-state index contributed by atoms with van der Waals surface area (Å²) >= 11 is 5.82. The molecule has 0 spiro atoms. The molecule has 0 aliphatic carbocycles. The molecule has 0 aliphatic rings. The Bertz CT molecular complexity index is 1160. The van der Waals surface area contributed by atoms with Crippen LogP contribution >= 0.6 is 12.2 Å². The molecule has 0 amide bonds. The van der Waals surface area contributed by atoms with Gasteiger partial charge in [-0.05, 0) is 80.4 Å². The third kappa shape index (κ3) is 4.41. The minimum atomic E-state index is 0.630. The van der Waals surface area contributed by atoms with Gasteiger partial charge in [0, 0.05) is 28.8 Å². The van der Waals surface area contributed by atoms with Crippen LogP contribution in [0.25, 0.3) is 10.9 Å². The average Bonchev–Trinajstić information content (AvgIpc) is 3.35. The average molecular weight is 418 g/mol. The number of hydrogen-bond donors (Lipinski definition) is 2. The molecular formula is C25H27N3OS. The van der Waals surface area contributed by atoms with Crippen molar-refractivity contribution < 1.29 is 4.42 Å². The highest BCUT2D eigenvalue weighted by atomic mass is 32.1. The number of hydrogen-bond acceptors (Lipinski definition) is 2. The molecule has 0 bridgehead atoms. The predicted molar refractivity (Wildman–Crippen MR) is 128 cm³/mol. The van der Waals surface area contributed by atoms with Gasteiger partial charge >= 0.3 is 0 Å². The summed E-state index contributed by atoms with van der Waals surface area (Å²) in [6, 6.07) is 18.7. The lowest BCUT2D eigenvalue weighted by molar-refractivity contribution is 0.368. The highest BCUT2D eigenvalue weighted by Gasteiger charge is 2.16. The summed E-state index contributed by atoms with van der Waals surface area (Å²) in [5.74, 6) is 0.899. The molecule has 4 rings (SSSR count). The first-order valence-corrected chi connectivity index (χ1v) is 10.6. The second-order valence-electron chi connectivity index (χ2n) is 7.77. The van der Waals surface area contributed by atoms with E-state index in [-0.39, 0.29) is 0 Å². The summed E-state index contributed by atoms with van der Waals surface area (Å²) < 4.78 is 5.60. The molecule has 2 heterocycles. The topological polar surface area (TPSA) is 44.2 Å². The van der Waals surface area contributed by atoms with Gasteiger partial charge in [-0.2, -0.15) is 0 Å². The number of nitrogens with zero attached hydrogens (tertiary/aromatic N) is 1. The Hall–Kier alpha value is -3.05.